The first-order valence-corrected chi connectivity index (χ1v) is 5.60. The number of carboxylic acids is 1. The van der Waals surface area contributed by atoms with E-state index in [0.717, 1.165) is 11.8 Å². The van der Waals surface area contributed by atoms with Crippen LogP contribution in [0.25, 0.3) is 0 Å². The Bertz CT molecular complexity index is 543. The maximum absolute atomic E-state index is 12.0. The van der Waals surface area contributed by atoms with Crippen molar-refractivity contribution in [2.75, 3.05) is 6.54 Å². The molecule has 0 aromatic heterocycles. The number of carbonyl (C=O) groups excluding carboxylic acids is 4. The second kappa shape index (κ2) is 4.64. The van der Waals surface area contributed by atoms with E-state index in [9.17, 15) is 24.3 Å². The van der Waals surface area contributed by atoms with Crippen LogP contribution < -0.4 is 5.11 Å². The van der Waals surface area contributed by atoms with Crippen molar-refractivity contribution in [3.8, 4) is 0 Å². The molecule has 0 aliphatic carbocycles. The third-order valence-electron chi connectivity index (χ3n) is 3.02. The van der Waals surface area contributed by atoms with Crippen LogP contribution in [0.3, 0.4) is 0 Å². The fourth-order valence-corrected chi connectivity index (χ4v) is 1.96. The van der Waals surface area contributed by atoms with Crippen molar-refractivity contribution in [1.82, 2.24) is 4.90 Å². The fraction of sp³-hybridized carbons (Fsp3) is 0.231. The number of ketones is 1. The highest BCUT2D eigenvalue weighted by atomic mass is 16.4. The summed E-state index contributed by atoms with van der Waals surface area (Å²) in [6, 6.07) is 6.18. The van der Waals surface area contributed by atoms with Gasteiger partial charge in [-0.05, 0) is 19.1 Å². The van der Waals surface area contributed by atoms with E-state index in [1.807, 2.05) is 0 Å². The molecule has 6 heteroatoms. The average molecular weight is 260 g/mol. The number of carbonyl (C=O) groups is 4. The van der Waals surface area contributed by atoms with Crippen molar-refractivity contribution in [2.45, 2.75) is 6.92 Å². The zero-order valence-corrected chi connectivity index (χ0v) is 10.1. The second-order valence-corrected chi connectivity index (χ2v) is 4.25. The highest BCUT2D eigenvalue weighted by molar-refractivity contribution is 6.21. The SMILES string of the molecule is CC(=O)C(CN1C(=O)c2ccccc2C1=O)C(=O)[O-]. The standard InChI is InChI=1S/C13H11NO5/c1-7(15)10(13(18)19)6-14-11(16)8-4-2-3-5-9(8)12(14)17/h2-5,10H,6H2,1H3,(H,18,19)/p-1. The number of benzene rings is 1. The lowest BCUT2D eigenvalue weighted by Crippen LogP contribution is -2.45. The highest BCUT2D eigenvalue weighted by Crippen LogP contribution is 2.23. The summed E-state index contributed by atoms with van der Waals surface area (Å²) in [4.78, 5) is 46.7. The summed E-state index contributed by atoms with van der Waals surface area (Å²) in [5.41, 5.74) is 0.432. The largest absolute Gasteiger partial charge is 0.549 e. The normalized spacial score (nSPS) is 15.3. The minimum Gasteiger partial charge on any atom is -0.549 e. The average Bonchev–Trinajstić information content (AvgIpc) is 2.59. The number of nitrogens with zero attached hydrogens (tertiary/aromatic N) is 1. The summed E-state index contributed by atoms with van der Waals surface area (Å²) >= 11 is 0. The predicted octanol–water partition coefficient (Wildman–Crippen LogP) is -0.762. The first-order valence-electron chi connectivity index (χ1n) is 5.60. The van der Waals surface area contributed by atoms with Gasteiger partial charge in [0.1, 0.15) is 5.78 Å². The highest BCUT2D eigenvalue weighted by Gasteiger charge is 2.37. The van der Waals surface area contributed by atoms with Gasteiger partial charge < -0.3 is 9.90 Å². The molecule has 1 aliphatic heterocycles. The smallest absolute Gasteiger partial charge is 0.261 e. The minimum absolute atomic E-state index is 0.216. The summed E-state index contributed by atoms with van der Waals surface area (Å²) < 4.78 is 0. The fourth-order valence-electron chi connectivity index (χ4n) is 1.96. The van der Waals surface area contributed by atoms with Crippen LogP contribution in [0.4, 0.5) is 0 Å². The summed E-state index contributed by atoms with van der Waals surface area (Å²) in [5.74, 6) is -4.93. The number of rotatable bonds is 4. The van der Waals surface area contributed by atoms with Crippen LogP contribution in [-0.4, -0.2) is 35.0 Å². The third-order valence-corrected chi connectivity index (χ3v) is 3.02. The van der Waals surface area contributed by atoms with E-state index in [0.29, 0.717) is 0 Å². The number of carboxylic acid groups (broad SMARTS) is 1. The molecule has 1 heterocycles. The van der Waals surface area contributed by atoms with Crippen LogP contribution in [0.1, 0.15) is 27.6 Å². The molecule has 1 unspecified atom stereocenters. The molecule has 0 saturated heterocycles. The van der Waals surface area contributed by atoms with E-state index in [2.05, 4.69) is 0 Å². The lowest BCUT2D eigenvalue weighted by molar-refractivity contribution is -0.309. The lowest BCUT2D eigenvalue weighted by atomic mass is 10.1. The van der Waals surface area contributed by atoms with Crippen molar-refractivity contribution >= 4 is 23.6 Å². The molecule has 0 radical (unpaired) electrons. The van der Waals surface area contributed by atoms with Crippen LogP contribution in [0.15, 0.2) is 24.3 Å². The van der Waals surface area contributed by atoms with Gasteiger partial charge in [-0.1, -0.05) is 12.1 Å². The molecule has 19 heavy (non-hydrogen) atoms. The summed E-state index contributed by atoms with van der Waals surface area (Å²) in [6.45, 7) is 0.586. The van der Waals surface area contributed by atoms with Gasteiger partial charge in [-0.25, -0.2) is 0 Å². The number of imide groups is 1. The second-order valence-electron chi connectivity index (χ2n) is 4.25. The number of amides is 2. The van der Waals surface area contributed by atoms with Gasteiger partial charge in [-0.15, -0.1) is 0 Å². The van der Waals surface area contributed by atoms with Crippen molar-refractivity contribution in [3.05, 3.63) is 35.4 Å². The Morgan fingerprint density at radius 1 is 1.16 bits per heavy atom. The Labute approximate surface area is 108 Å². The molecule has 1 aromatic carbocycles. The molecule has 2 amide bonds. The lowest BCUT2D eigenvalue weighted by Gasteiger charge is -2.21. The molecule has 1 atom stereocenters. The predicted molar refractivity (Wildman–Crippen MR) is 61.0 cm³/mol. The van der Waals surface area contributed by atoms with Gasteiger partial charge in [0.25, 0.3) is 11.8 Å². The monoisotopic (exact) mass is 260 g/mol. The van der Waals surface area contributed by atoms with E-state index in [1.165, 1.54) is 12.1 Å². The van der Waals surface area contributed by atoms with E-state index in [4.69, 9.17) is 0 Å². The van der Waals surface area contributed by atoms with Gasteiger partial charge in [0.15, 0.2) is 0 Å². The Kier molecular flexibility index (Phi) is 3.16. The van der Waals surface area contributed by atoms with Gasteiger partial charge in [0.05, 0.1) is 23.0 Å². The molecular formula is C13H10NO5-. The number of hydrogen-bond donors (Lipinski definition) is 0. The van der Waals surface area contributed by atoms with E-state index in [-0.39, 0.29) is 11.1 Å². The molecule has 0 fully saturated rings. The van der Waals surface area contributed by atoms with Crippen molar-refractivity contribution in [1.29, 1.82) is 0 Å². The summed E-state index contributed by atoms with van der Waals surface area (Å²) in [5, 5.41) is 10.8. The number of aliphatic carboxylic acids is 1. The van der Waals surface area contributed by atoms with Crippen molar-refractivity contribution < 1.29 is 24.3 Å². The Hall–Kier alpha value is -2.50. The van der Waals surface area contributed by atoms with Gasteiger partial charge in [0, 0.05) is 6.54 Å². The zero-order chi connectivity index (χ0) is 14.2. The first-order chi connectivity index (χ1) is 8.93. The maximum atomic E-state index is 12.0. The third kappa shape index (κ3) is 2.12. The topological polar surface area (TPSA) is 94.6 Å². The molecule has 1 aliphatic rings. The molecule has 0 bridgehead atoms. The Balaban J connectivity index is 2.30. The van der Waals surface area contributed by atoms with Crippen LogP contribution in [-0.2, 0) is 9.59 Å². The van der Waals surface area contributed by atoms with Gasteiger partial charge >= 0.3 is 0 Å². The van der Waals surface area contributed by atoms with E-state index in [1.54, 1.807) is 12.1 Å². The van der Waals surface area contributed by atoms with Crippen LogP contribution >= 0.6 is 0 Å². The molecular weight excluding hydrogens is 250 g/mol. The van der Waals surface area contributed by atoms with Crippen molar-refractivity contribution in [3.63, 3.8) is 0 Å². The number of hydrogen-bond acceptors (Lipinski definition) is 5. The van der Waals surface area contributed by atoms with E-state index >= 15 is 0 Å². The number of Topliss-reactive ketones (excluding diaryl/α,β-unsaturated/α-hetero) is 1. The quantitative estimate of drug-likeness (QED) is 0.523. The van der Waals surface area contributed by atoms with Gasteiger partial charge in [-0.2, -0.15) is 0 Å². The maximum Gasteiger partial charge on any atom is 0.261 e. The summed E-state index contributed by atoms with van der Waals surface area (Å²) in [6.07, 6.45) is 0. The molecule has 0 spiro atoms. The zero-order valence-electron chi connectivity index (χ0n) is 10.1. The Morgan fingerprint density at radius 3 is 2.00 bits per heavy atom. The molecule has 0 saturated carbocycles. The first kappa shape index (κ1) is 12.9. The molecule has 1 aromatic rings. The number of fused-ring (bicyclic) bond motifs is 1. The van der Waals surface area contributed by atoms with Crippen LogP contribution in [0.2, 0.25) is 0 Å². The minimum atomic E-state index is -1.59. The molecule has 98 valence electrons. The van der Waals surface area contributed by atoms with Gasteiger partial charge in [-0.3, -0.25) is 19.3 Å². The van der Waals surface area contributed by atoms with Gasteiger partial charge in [0.2, 0.25) is 0 Å². The van der Waals surface area contributed by atoms with Crippen LogP contribution in [0.5, 0.6) is 0 Å². The van der Waals surface area contributed by atoms with E-state index < -0.39 is 36.0 Å². The molecule has 6 nitrogen and oxygen atoms in total. The Morgan fingerprint density at radius 2 is 1.63 bits per heavy atom. The molecule has 0 N–H and O–H groups in total. The van der Waals surface area contributed by atoms with Crippen molar-refractivity contribution in [2.24, 2.45) is 5.92 Å². The molecule has 2 rings (SSSR count). The van der Waals surface area contributed by atoms with Crippen LogP contribution in [0, 0.1) is 5.92 Å². The summed E-state index contributed by atoms with van der Waals surface area (Å²) in [7, 11) is 0.